The second kappa shape index (κ2) is 7.26. The molecular weight excluding hydrogens is 274 g/mol. The first kappa shape index (κ1) is 14.1. The van der Waals surface area contributed by atoms with Crippen LogP contribution < -0.4 is 5.32 Å². The first-order chi connectivity index (χ1) is 10.9. The molecule has 3 aromatic rings. The Labute approximate surface area is 129 Å². The molecule has 0 radical (unpaired) electrons. The van der Waals surface area contributed by atoms with Crippen LogP contribution in [0.4, 0.5) is 5.95 Å². The van der Waals surface area contributed by atoms with E-state index in [0.717, 1.165) is 36.5 Å². The van der Waals surface area contributed by atoms with Crippen molar-refractivity contribution in [3.8, 4) is 11.4 Å². The molecule has 0 unspecified atom stereocenters. The maximum atomic E-state index is 4.49. The SMILES string of the molecule is c1ccc(CCCNc2nccc(-c3ccccn3)n2)nc1. The molecule has 5 heteroatoms. The Bertz CT molecular complexity index is 701. The summed E-state index contributed by atoms with van der Waals surface area (Å²) in [6.07, 6.45) is 7.25. The number of hydrogen-bond donors (Lipinski definition) is 1. The molecule has 3 aromatic heterocycles. The van der Waals surface area contributed by atoms with E-state index in [1.165, 1.54) is 0 Å². The van der Waals surface area contributed by atoms with E-state index in [0.29, 0.717) is 5.95 Å². The Kier molecular flexibility index (Phi) is 4.67. The van der Waals surface area contributed by atoms with Crippen LogP contribution in [0.5, 0.6) is 0 Å². The van der Waals surface area contributed by atoms with E-state index in [1.807, 2.05) is 48.7 Å². The van der Waals surface area contributed by atoms with Crippen molar-refractivity contribution < 1.29 is 0 Å². The van der Waals surface area contributed by atoms with Gasteiger partial charge in [0.05, 0.1) is 11.4 Å². The molecule has 22 heavy (non-hydrogen) atoms. The van der Waals surface area contributed by atoms with E-state index in [-0.39, 0.29) is 0 Å². The third-order valence-corrected chi connectivity index (χ3v) is 3.20. The van der Waals surface area contributed by atoms with Crippen molar-refractivity contribution in [1.82, 2.24) is 19.9 Å². The lowest BCUT2D eigenvalue weighted by Gasteiger charge is -2.06. The molecule has 3 rings (SSSR count). The maximum absolute atomic E-state index is 4.49. The fraction of sp³-hybridized carbons (Fsp3) is 0.176. The fourth-order valence-corrected chi connectivity index (χ4v) is 2.12. The van der Waals surface area contributed by atoms with Crippen molar-refractivity contribution in [3.63, 3.8) is 0 Å². The van der Waals surface area contributed by atoms with Crippen LogP contribution in [0.1, 0.15) is 12.1 Å². The molecule has 0 aliphatic heterocycles. The normalized spacial score (nSPS) is 10.4. The van der Waals surface area contributed by atoms with Crippen molar-refractivity contribution in [2.75, 3.05) is 11.9 Å². The first-order valence-corrected chi connectivity index (χ1v) is 7.30. The third-order valence-electron chi connectivity index (χ3n) is 3.20. The summed E-state index contributed by atoms with van der Waals surface area (Å²) in [6, 6.07) is 13.6. The topological polar surface area (TPSA) is 63.6 Å². The van der Waals surface area contributed by atoms with Gasteiger partial charge >= 0.3 is 0 Å². The number of rotatable bonds is 6. The molecule has 0 aliphatic rings. The van der Waals surface area contributed by atoms with Crippen molar-refractivity contribution in [3.05, 3.63) is 66.7 Å². The number of aryl methyl sites for hydroxylation is 1. The molecule has 5 nitrogen and oxygen atoms in total. The lowest BCUT2D eigenvalue weighted by Crippen LogP contribution is -2.07. The predicted molar refractivity (Wildman–Crippen MR) is 86.3 cm³/mol. The van der Waals surface area contributed by atoms with E-state index in [2.05, 4.69) is 25.3 Å². The lowest BCUT2D eigenvalue weighted by molar-refractivity contribution is 0.828. The van der Waals surface area contributed by atoms with Gasteiger partial charge < -0.3 is 5.32 Å². The van der Waals surface area contributed by atoms with Gasteiger partial charge in [-0.05, 0) is 43.2 Å². The second-order valence-corrected chi connectivity index (χ2v) is 4.83. The number of aromatic nitrogens is 4. The Morgan fingerprint density at radius 3 is 2.41 bits per heavy atom. The van der Waals surface area contributed by atoms with Crippen LogP contribution in [0.3, 0.4) is 0 Å². The number of hydrogen-bond acceptors (Lipinski definition) is 5. The van der Waals surface area contributed by atoms with Gasteiger partial charge in [0.1, 0.15) is 0 Å². The van der Waals surface area contributed by atoms with Crippen LogP contribution in [0.15, 0.2) is 61.1 Å². The molecule has 0 saturated carbocycles. The summed E-state index contributed by atoms with van der Waals surface area (Å²) in [4.78, 5) is 17.3. The summed E-state index contributed by atoms with van der Waals surface area (Å²) < 4.78 is 0. The summed E-state index contributed by atoms with van der Waals surface area (Å²) in [6.45, 7) is 0.808. The standard InChI is InChI=1S/C17H17N5/c1-3-10-18-14(6-1)7-5-12-20-17-21-13-9-16(22-17)15-8-2-4-11-19-15/h1-4,6,8-11,13H,5,7,12H2,(H,20,21,22). The number of nitrogens with zero attached hydrogens (tertiary/aromatic N) is 4. The van der Waals surface area contributed by atoms with Gasteiger partial charge in [0.2, 0.25) is 5.95 Å². The Morgan fingerprint density at radius 1 is 0.773 bits per heavy atom. The zero-order valence-electron chi connectivity index (χ0n) is 12.2. The smallest absolute Gasteiger partial charge is 0.223 e. The maximum Gasteiger partial charge on any atom is 0.223 e. The third kappa shape index (κ3) is 3.85. The van der Waals surface area contributed by atoms with Gasteiger partial charge in [-0.15, -0.1) is 0 Å². The number of pyridine rings is 2. The highest BCUT2D eigenvalue weighted by molar-refractivity contribution is 5.54. The lowest BCUT2D eigenvalue weighted by atomic mass is 10.2. The van der Waals surface area contributed by atoms with Crippen molar-refractivity contribution in [2.24, 2.45) is 0 Å². The van der Waals surface area contributed by atoms with E-state index < -0.39 is 0 Å². The predicted octanol–water partition coefficient (Wildman–Crippen LogP) is 2.98. The summed E-state index contributed by atoms with van der Waals surface area (Å²) in [7, 11) is 0. The summed E-state index contributed by atoms with van der Waals surface area (Å²) in [5.74, 6) is 0.629. The van der Waals surface area contributed by atoms with Crippen LogP contribution >= 0.6 is 0 Å². The zero-order chi connectivity index (χ0) is 15.0. The Morgan fingerprint density at radius 2 is 1.64 bits per heavy atom. The molecule has 0 aliphatic carbocycles. The average molecular weight is 291 g/mol. The molecular formula is C17H17N5. The van der Waals surface area contributed by atoms with Crippen LogP contribution in [-0.2, 0) is 6.42 Å². The summed E-state index contributed by atoms with van der Waals surface area (Å²) >= 11 is 0. The van der Waals surface area contributed by atoms with Gasteiger partial charge in [0.25, 0.3) is 0 Å². The Hall–Kier alpha value is -2.82. The molecule has 110 valence electrons. The van der Waals surface area contributed by atoms with Gasteiger partial charge in [0, 0.05) is 30.8 Å². The minimum atomic E-state index is 0.629. The van der Waals surface area contributed by atoms with Gasteiger partial charge in [-0.2, -0.15) is 0 Å². The number of anilines is 1. The van der Waals surface area contributed by atoms with Crippen LogP contribution in [-0.4, -0.2) is 26.5 Å². The molecule has 0 bridgehead atoms. The fourth-order valence-electron chi connectivity index (χ4n) is 2.12. The molecule has 0 spiro atoms. The van der Waals surface area contributed by atoms with Gasteiger partial charge in [-0.1, -0.05) is 12.1 Å². The average Bonchev–Trinajstić information content (AvgIpc) is 2.61. The van der Waals surface area contributed by atoms with E-state index >= 15 is 0 Å². The first-order valence-electron chi connectivity index (χ1n) is 7.30. The van der Waals surface area contributed by atoms with Crippen LogP contribution in [0.25, 0.3) is 11.4 Å². The van der Waals surface area contributed by atoms with E-state index in [9.17, 15) is 0 Å². The highest BCUT2D eigenvalue weighted by Gasteiger charge is 2.02. The summed E-state index contributed by atoms with van der Waals surface area (Å²) in [5.41, 5.74) is 2.77. The quantitative estimate of drug-likeness (QED) is 0.707. The largest absolute Gasteiger partial charge is 0.354 e. The molecule has 0 fully saturated rings. The monoisotopic (exact) mass is 291 g/mol. The summed E-state index contributed by atoms with van der Waals surface area (Å²) in [5, 5.41) is 3.25. The van der Waals surface area contributed by atoms with Crippen LogP contribution in [0.2, 0.25) is 0 Å². The van der Waals surface area contributed by atoms with Gasteiger partial charge in [-0.25, -0.2) is 9.97 Å². The molecule has 0 atom stereocenters. The molecule has 0 amide bonds. The van der Waals surface area contributed by atoms with Gasteiger partial charge in [-0.3, -0.25) is 9.97 Å². The molecule has 0 saturated heterocycles. The van der Waals surface area contributed by atoms with E-state index in [4.69, 9.17) is 0 Å². The van der Waals surface area contributed by atoms with Crippen LogP contribution in [0, 0.1) is 0 Å². The minimum absolute atomic E-state index is 0.629. The molecule has 3 heterocycles. The van der Waals surface area contributed by atoms with Crippen molar-refractivity contribution in [2.45, 2.75) is 12.8 Å². The highest BCUT2D eigenvalue weighted by Crippen LogP contribution is 2.14. The molecule has 0 aromatic carbocycles. The van der Waals surface area contributed by atoms with Gasteiger partial charge in [0.15, 0.2) is 0 Å². The van der Waals surface area contributed by atoms with Crippen molar-refractivity contribution >= 4 is 5.95 Å². The van der Waals surface area contributed by atoms with Crippen molar-refractivity contribution in [1.29, 1.82) is 0 Å². The van der Waals surface area contributed by atoms with E-state index in [1.54, 1.807) is 12.4 Å². The minimum Gasteiger partial charge on any atom is -0.354 e. The second-order valence-electron chi connectivity index (χ2n) is 4.83. The zero-order valence-corrected chi connectivity index (χ0v) is 12.2. The molecule has 1 N–H and O–H groups in total. The highest BCUT2D eigenvalue weighted by atomic mass is 15.1. The number of nitrogens with one attached hydrogen (secondary N) is 1. The Balaban J connectivity index is 1.55.